The average molecular weight is 373 g/mol. The fraction of sp³-hybridized carbons (Fsp3) is 0.105. The summed E-state index contributed by atoms with van der Waals surface area (Å²) in [6.45, 7) is 1.93. The quantitative estimate of drug-likeness (QED) is 0.488. The molecule has 0 aliphatic rings. The zero-order valence-corrected chi connectivity index (χ0v) is 15.4. The molecule has 0 saturated carbocycles. The Morgan fingerprint density at radius 3 is 2.60 bits per heavy atom. The third kappa shape index (κ3) is 2.97. The molecule has 2 N–H and O–H groups in total. The van der Waals surface area contributed by atoms with Gasteiger partial charge in [-0.15, -0.1) is 12.4 Å². The number of benzene rings is 3. The lowest BCUT2D eigenvalue weighted by Gasteiger charge is -2.05. The zero-order valence-electron chi connectivity index (χ0n) is 13.7. The average Bonchev–Trinajstić information content (AvgIpc) is 3.04. The van der Waals surface area contributed by atoms with Crippen LogP contribution in [0.5, 0.6) is 11.5 Å². The van der Waals surface area contributed by atoms with Crippen LogP contribution in [0.2, 0.25) is 0 Å². The Balaban J connectivity index is 0.00000182. The van der Waals surface area contributed by atoms with E-state index >= 15 is 0 Å². The van der Waals surface area contributed by atoms with Gasteiger partial charge in [0.05, 0.1) is 17.3 Å². The molecule has 128 valence electrons. The van der Waals surface area contributed by atoms with Crippen LogP contribution in [-0.4, -0.2) is 17.2 Å². The lowest BCUT2D eigenvalue weighted by Crippen LogP contribution is -1.90. The number of nitrogens with one attached hydrogen (secondary N) is 1. The van der Waals surface area contributed by atoms with Crippen molar-refractivity contribution < 1.29 is 9.84 Å². The monoisotopic (exact) mass is 372 g/mol. The van der Waals surface area contributed by atoms with E-state index in [1.165, 1.54) is 11.3 Å². The van der Waals surface area contributed by atoms with Gasteiger partial charge in [-0.05, 0) is 19.1 Å². The van der Waals surface area contributed by atoms with E-state index < -0.39 is 0 Å². The van der Waals surface area contributed by atoms with Gasteiger partial charge in [-0.1, -0.05) is 41.7 Å². The van der Waals surface area contributed by atoms with E-state index in [9.17, 15) is 5.11 Å². The van der Waals surface area contributed by atoms with Crippen molar-refractivity contribution in [1.82, 2.24) is 4.98 Å². The van der Waals surface area contributed by atoms with Crippen LogP contribution in [0.15, 0.2) is 48.5 Å². The van der Waals surface area contributed by atoms with Crippen LogP contribution in [-0.2, 0) is 0 Å². The van der Waals surface area contributed by atoms with Crippen molar-refractivity contribution in [1.29, 1.82) is 0 Å². The van der Waals surface area contributed by atoms with Gasteiger partial charge in [-0.25, -0.2) is 4.98 Å². The minimum atomic E-state index is 0. The second-order valence-electron chi connectivity index (χ2n) is 5.57. The number of ether oxygens (including phenoxy) is 1. The standard InChI is InChI=1S/C19H16N2O2S.ClH/c1-11-17(22)15-9-4-3-8-14(15)16-18(11)24-19(21-16)20-12-6-5-7-13(10-12)23-2;/h3-10,22H,1-2H3,(H,20,21);1H. The molecule has 4 nitrogen and oxygen atoms in total. The Kier molecular flexibility index (Phi) is 4.70. The number of rotatable bonds is 3. The van der Waals surface area contributed by atoms with Gasteiger partial charge >= 0.3 is 0 Å². The van der Waals surface area contributed by atoms with Gasteiger partial charge < -0.3 is 15.2 Å². The summed E-state index contributed by atoms with van der Waals surface area (Å²) in [6.07, 6.45) is 0. The second kappa shape index (κ2) is 6.78. The molecule has 0 amide bonds. The minimum absolute atomic E-state index is 0. The number of aromatic nitrogens is 1. The van der Waals surface area contributed by atoms with Crippen LogP contribution < -0.4 is 10.1 Å². The van der Waals surface area contributed by atoms with Crippen LogP contribution in [0.25, 0.3) is 21.0 Å². The van der Waals surface area contributed by atoms with Crippen LogP contribution in [0, 0.1) is 6.92 Å². The molecule has 0 aliphatic carbocycles. The summed E-state index contributed by atoms with van der Waals surface area (Å²) in [7, 11) is 1.65. The molecule has 0 spiro atoms. The highest BCUT2D eigenvalue weighted by atomic mass is 35.5. The van der Waals surface area contributed by atoms with Gasteiger partial charge in [0.2, 0.25) is 0 Å². The lowest BCUT2D eigenvalue weighted by atomic mass is 10.0. The molecule has 1 heterocycles. The molecule has 25 heavy (non-hydrogen) atoms. The third-order valence-corrected chi connectivity index (χ3v) is 5.17. The van der Waals surface area contributed by atoms with Gasteiger partial charge in [-0.3, -0.25) is 0 Å². The number of hydrogen-bond donors (Lipinski definition) is 2. The molecular weight excluding hydrogens is 356 g/mol. The fourth-order valence-corrected chi connectivity index (χ4v) is 3.84. The van der Waals surface area contributed by atoms with Crippen molar-refractivity contribution in [3.63, 3.8) is 0 Å². The van der Waals surface area contributed by atoms with E-state index in [2.05, 4.69) is 5.32 Å². The highest BCUT2D eigenvalue weighted by Crippen LogP contribution is 2.41. The van der Waals surface area contributed by atoms with E-state index in [4.69, 9.17) is 9.72 Å². The number of nitrogens with zero attached hydrogens (tertiary/aromatic N) is 1. The van der Waals surface area contributed by atoms with E-state index in [1.54, 1.807) is 7.11 Å². The number of hydrogen-bond acceptors (Lipinski definition) is 5. The summed E-state index contributed by atoms with van der Waals surface area (Å²) in [5, 5.41) is 16.4. The number of anilines is 2. The van der Waals surface area contributed by atoms with Gasteiger partial charge in [0.1, 0.15) is 11.5 Å². The predicted molar refractivity (Wildman–Crippen MR) is 107 cm³/mol. The molecule has 0 atom stereocenters. The fourth-order valence-electron chi connectivity index (χ4n) is 2.84. The number of halogens is 1. The van der Waals surface area contributed by atoms with Crippen molar-refractivity contribution in [2.45, 2.75) is 6.92 Å². The number of thiazole rings is 1. The van der Waals surface area contributed by atoms with Crippen LogP contribution in [0.3, 0.4) is 0 Å². The van der Waals surface area contributed by atoms with Crippen molar-refractivity contribution in [2.75, 3.05) is 12.4 Å². The number of methoxy groups -OCH3 is 1. The Morgan fingerprint density at radius 2 is 1.84 bits per heavy atom. The number of fused-ring (bicyclic) bond motifs is 3. The van der Waals surface area contributed by atoms with Crippen molar-refractivity contribution in [3.05, 3.63) is 54.1 Å². The topological polar surface area (TPSA) is 54.4 Å². The van der Waals surface area contributed by atoms with Gasteiger partial charge in [0.25, 0.3) is 0 Å². The highest BCUT2D eigenvalue weighted by Gasteiger charge is 2.15. The molecule has 4 rings (SSSR count). The normalized spacial score (nSPS) is 10.6. The largest absolute Gasteiger partial charge is 0.507 e. The minimum Gasteiger partial charge on any atom is -0.507 e. The Morgan fingerprint density at radius 1 is 1.08 bits per heavy atom. The number of phenolic OH excluding ortho intramolecular Hbond substituents is 1. The van der Waals surface area contributed by atoms with E-state index in [-0.39, 0.29) is 12.4 Å². The van der Waals surface area contributed by atoms with Crippen molar-refractivity contribution in [3.8, 4) is 11.5 Å². The van der Waals surface area contributed by atoms with E-state index in [1.807, 2.05) is 55.5 Å². The van der Waals surface area contributed by atoms with Gasteiger partial charge in [0.15, 0.2) is 5.13 Å². The molecular formula is C19H17ClN2O2S. The van der Waals surface area contributed by atoms with Crippen molar-refractivity contribution >= 4 is 55.6 Å². The Bertz CT molecular complexity index is 1060. The van der Waals surface area contributed by atoms with Gasteiger partial charge in [-0.2, -0.15) is 0 Å². The molecule has 0 aliphatic heterocycles. The maximum atomic E-state index is 10.5. The smallest absolute Gasteiger partial charge is 0.188 e. The first-order chi connectivity index (χ1) is 11.7. The predicted octanol–water partition coefficient (Wildman–Crippen LogP) is 5.64. The summed E-state index contributed by atoms with van der Waals surface area (Å²) in [5.41, 5.74) is 2.69. The molecule has 0 fully saturated rings. The summed E-state index contributed by atoms with van der Waals surface area (Å²) >= 11 is 1.54. The first-order valence-corrected chi connectivity index (χ1v) is 8.41. The summed E-state index contributed by atoms with van der Waals surface area (Å²) in [6, 6.07) is 15.5. The first kappa shape index (κ1) is 17.3. The lowest BCUT2D eigenvalue weighted by molar-refractivity contribution is 0.415. The molecule has 0 unspecified atom stereocenters. The maximum Gasteiger partial charge on any atom is 0.188 e. The molecule has 1 aromatic heterocycles. The molecule has 4 aromatic rings. The third-order valence-electron chi connectivity index (χ3n) is 4.08. The number of aryl methyl sites for hydroxylation is 1. The van der Waals surface area contributed by atoms with Crippen LogP contribution >= 0.6 is 23.7 Å². The molecule has 0 saturated heterocycles. The van der Waals surface area contributed by atoms with Crippen molar-refractivity contribution in [2.24, 2.45) is 0 Å². The highest BCUT2D eigenvalue weighted by molar-refractivity contribution is 7.22. The van der Waals surface area contributed by atoms with E-state index in [0.717, 1.165) is 43.1 Å². The molecule has 6 heteroatoms. The zero-order chi connectivity index (χ0) is 16.7. The van der Waals surface area contributed by atoms with Crippen LogP contribution in [0.1, 0.15) is 5.56 Å². The number of aromatic hydroxyl groups is 1. The summed E-state index contributed by atoms with van der Waals surface area (Å²) < 4.78 is 6.25. The Hall–Kier alpha value is -2.50. The number of phenols is 1. The SMILES string of the molecule is COc1cccc(Nc2nc3c(s2)c(C)c(O)c2ccccc23)c1.Cl. The molecule has 3 aromatic carbocycles. The second-order valence-corrected chi connectivity index (χ2v) is 6.57. The van der Waals surface area contributed by atoms with Crippen LogP contribution in [0.4, 0.5) is 10.8 Å². The van der Waals surface area contributed by atoms with Gasteiger partial charge in [0, 0.05) is 28.1 Å². The summed E-state index contributed by atoms with van der Waals surface area (Å²) in [4.78, 5) is 4.75. The first-order valence-electron chi connectivity index (χ1n) is 7.59. The Labute approximate surface area is 155 Å². The van der Waals surface area contributed by atoms with E-state index in [0.29, 0.717) is 5.75 Å². The molecule has 0 radical (unpaired) electrons. The molecule has 0 bridgehead atoms. The maximum absolute atomic E-state index is 10.5. The summed E-state index contributed by atoms with van der Waals surface area (Å²) in [5.74, 6) is 1.12.